The average molecular weight is 1170 g/mol. The number of carbonyl (C=O) groups excluding carboxylic acids is 2. The summed E-state index contributed by atoms with van der Waals surface area (Å²) < 4.78 is 30.4. The van der Waals surface area contributed by atoms with Gasteiger partial charge in [-0.3, -0.25) is 14.2 Å². The molecular formula is C72H131N2O7P. The SMILES string of the molecule is CCCCC/C=C\C/C=C\C/C=C\CCCCCCCCCCCCCCCCC(=O)NC(COP(=O)([O-])OCC[N+](C)(C)C)C(/C=C\CCCCCCCCCCCC)OC(=O)CCCCCC/C=C\C/C=C\C/C=C\CCCCC. The predicted octanol–water partition coefficient (Wildman–Crippen LogP) is 21.1. The third kappa shape index (κ3) is 61.7. The molecule has 0 saturated carbocycles. The Kier molecular flexibility index (Phi) is 59.2. The quantitative estimate of drug-likeness (QED) is 0.0212. The minimum Gasteiger partial charge on any atom is -0.756 e. The Labute approximate surface area is 507 Å². The van der Waals surface area contributed by atoms with Crippen molar-refractivity contribution >= 4 is 19.7 Å². The molecule has 1 amide bonds. The number of nitrogens with one attached hydrogen (secondary N) is 1. The molecular weight excluding hydrogens is 1040 g/mol. The van der Waals surface area contributed by atoms with Gasteiger partial charge in [0.2, 0.25) is 5.91 Å². The van der Waals surface area contributed by atoms with Crippen LogP contribution in [0.1, 0.15) is 310 Å². The molecule has 0 aliphatic carbocycles. The van der Waals surface area contributed by atoms with Gasteiger partial charge in [0.25, 0.3) is 7.82 Å². The van der Waals surface area contributed by atoms with Gasteiger partial charge in [-0.1, -0.05) is 273 Å². The molecule has 0 radical (unpaired) electrons. The first-order valence-electron chi connectivity index (χ1n) is 34.4. The molecule has 0 saturated heterocycles. The second-order valence-electron chi connectivity index (χ2n) is 24.3. The molecule has 0 heterocycles. The van der Waals surface area contributed by atoms with Gasteiger partial charge < -0.3 is 28.5 Å². The van der Waals surface area contributed by atoms with Crippen LogP contribution >= 0.6 is 7.82 Å². The van der Waals surface area contributed by atoms with Crippen LogP contribution in [0, 0.1) is 0 Å². The monoisotopic (exact) mass is 1170 g/mol. The van der Waals surface area contributed by atoms with Crippen LogP contribution in [0.15, 0.2) is 85.1 Å². The summed E-state index contributed by atoms with van der Waals surface area (Å²) in [6, 6.07) is -0.902. The molecule has 0 aromatic carbocycles. The fourth-order valence-electron chi connectivity index (χ4n) is 9.71. The molecule has 3 atom stereocenters. The number of esters is 1. The highest BCUT2D eigenvalue weighted by Crippen LogP contribution is 2.38. The predicted molar refractivity (Wildman–Crippen MR) is 353 cm³/mol. The van der Waals surface area contributed by atoms with Crippen LogP contribution in [0.25, 0.3) is 0 Å². The lowest BCUT2D eigenvalue weighted by Crippen LogP contribution is -2.47. The van der Waals surface area contributed by atoms with Gasteiger partial charge in [-0.2, -0.15) is 0 Å². The molecule has 0 spiro atoms. The van der Waals surface area contributed by atoms with E-state index in [-0.39, 0.29) is 24.9 Å². The van der Waals surface area contributed by atoms with Crippen LogP contribution < -0.4 is 10.2 Å². The lowest BCUT2D eigenvalue weighted by Gasteiger charge is -2.30. The summed E-state index contributed by atoms with van der Waals surface area (Å²) in [5.41, 5.74) is 0. The Balaban J connectivity index is 5.08. The van der Waals surface area contributed by atoms with Crippen molar-refractivity contribution in [3.63, 3.8) is 0 Å². The van der Waals surface area contributed by atoms with E-state index in [0.29, 0.717) is 23.9 Å². The maximum atomic E-state index is 13.6. The van der Waals surface area contributed by atoms with E-state index in [1.54, 1.807) is 0 Å². The average Bonchev–Trinajstić information content (AvgIpc) is 3.47. The van der Waals surface area contributed by atoms with Gasteiger partial charge in [0.15, 0.2) is 0 Å². The van der Waals surface area contributed by atoms with Crippen molar-refractivity contribution < 1.29 is 37.3 Å². The van der Waals surface area contributed by atoms with Gasteiger partial charge in [0, 0.05) is 12.8 Å². The van der Waals surface area contributed by atoms with Crippen molar-refractivity contribution in [2.24, 2.45) is 0 Å². The zero-order chi connectivity index (χ0) is 60.0. The summed E-state index contributed by atoms with van der Waals surface area (Å²) in [6.45, 7) is 6.79. The molecule has 3 unspecified atom stereocenters. The number of hydrogen-bond acceptors (Lipinski definition) is 7. The number of rotatable bonds is 62. The van der Waals surface area contributed by atoms with E-state index < -0.39 is 26.6 Å². The fourth-order valence-corrected chi connectivity index (χ4v) is 10.4. The maximum Gasteiger partial charge on any atom is 0.306 e. The summed E-state index contributed by atoms with van der Waals surface area (Å²) in [5, 5.41) is 3.03. The van der Waals surface area contributed by atoms with Gasteiger partial charge in [-0.15, -0.1) is 0 Å². The molecule has 10 heteroatoms. The van der Waals surface area contributed by atoms with E-state index in [1.807, 2.05) is 33.3 Å². The minimum absolute atomic E-state index is 0.0285. The summed E-state index contributed by atoms with van der Waals surface area (Å²) in [7, 11) is 1.17. The number of allylic oxidation sites excluding steroid dienone is 13. The summed E-state index contributed by atoms with van der Waals surface area (Å²) in [6.07, 6.45) is 81.3. The largest absolute Gasteiger partial charge is 0.756 e. The topological polar surface area (TPSA) is 114 Å². The summed E-state index contributed by atoms with van der Waals surface area (Å²) in [4.78, 5) is 40.1. The van der Waals surface area contributed by atoms with Crippen molar-refractivity contribution in [2.45, 2.75) is 322 Å². The van der Waals surface area contributed by atoms with Crippen LogP contribution in [-0.4, -0.2) is 69.4 Å². The zero-order valence-corrected chi connectivity index (χ0v) is 55.3. The first-order valence-corrected chi connectivity index (χ1v) is 35.9. The molecule has 0 bridgehead atoms. The van der Waals surface area contributed by atoms with Crippen molar-refractivity contribution in [1.82, 2.24) is 5.32 Å². The Morgan fingerprint density at radius 3 is 1.13 bits per heavy atom. The number of phosphoric ester groups is 1. The zero-order valence-electron chi connectivity index (χ0n) is 54.4. The van der Waals surface area contributed by atoms with Crippen molar-refractivity contribution in [3.8, 4) is 0 Å². The normalized spacial score (nSPS) is 14.1. The van der Waals surface area contributed by atoms with Crippen molar-refractivity contribution in [2.75, 3.05) is 40.9 Å². The van der Waals surface area contributed by atoms with Gasteiger partial charge in [-0.05, 0) is 109 Å². The Bertz CT molecular complexity index is 1680. The molecule has 0 aliphatic heterocycles. The van der Waals surface area contributed by atoms with Crippen LogP contribution in [0.4, 0.5) is 0 Å². The number of ether oxygens (including phenoxy) is 1. The highest BCUT2D eigenvalue weighted by molar-refractivity contribution is 7.45. The molecule has 0 fully saturated rings. The summed E-state index contributed by atoms with van der Waals surface area (Å²) in [5.74, 6) is -0.562. The molecule has 0 aromatic heterocycles. The number of carbonyl (C=O) groups is 2. The number of nitrogens with zero attached hydrogens (tertiary/aromatic N) is 1. The Morgan fingerprint density at radius 1 is 0.427 bits per heavy atom. The summed E-state index contributed by atoms with van der Waals surface area (Å²) >= 11 is 0. The van der Waals surface area contributed by atoms with Gasteiger partial charge in [0.05, 0.1) is 33.8 Å². The standard InChI is InChI=1S/C72H131N2O7P/c1-7-10-13-16-19-22-25-28-30-32-33-34-35-36-37-38-39-40-41-43-44-46-49-52-55-58-61-64-71(75)73-69(68-80-82(77,78)79-67-66-74(4,5)6)70(63-60-57-54-51-48-27-24-21-18-15-12-9-3)81-72(76)65-62-59-56-53-50-47-45-42-31-29-26-23-20-17-14-11-8-2/h19-20,22-23,28-31,33-34,45,47,60,63,69-70H,7-18,21,24-27,32,35-44,46,48-59,61-62,64-68H2,1-6H3,(H-,73,75,77,78)/b22-19-,23-20-,30-28-,31-29-,34-33-,47-45-,63-60-. The number of phosphoric acid groups is 1. The molecule has 1 N–H and O–H groups in total. The van der Waals surface area contributed by atoms with Crippen LogP contribution in [0.2, 0.25) is 0 Å². The number of amides is 1. The van der Waals surface area contributed by atoms with Gasteiger partial charge in [0.1, 0.15) is 19.3 Å². The van der Waals surface area contributed by atoms with Crippen LogP contribution in [0.5, 0.6) is 0 Å². The highest BCUT2D eigenvalue weighted by Gasteiger charge is 2.27. The van der Waals surface area contributed by atoms with E-state index in [1.165, 1.54) is 180 Å². The van der Waals surface area contributed by atoms with Crippen molar-refractivity contribution in [3.05, 3.63) is 85.1 Å². The Hall–Kier alpha value is -2.81. The minimum atomic E-state index is -4.71. The third-order valence-corrected chi connectivity index (χ3v) is 16.0. The maximum absolute atomic E-state index is 13.6. The second-order valence-corrected chi connectivity index (χ2v) is 25.7. The molecule has 82 heavy (non-hydrogen) atoms. The fraction of sp³-hybridized carbons (Fsp3) is 0.778. The van der Waals surface area contributed by atoms with Gasteiger partial charge in [-0.25, -0.2) is 0 Å². The number of unbranched alkanes of at least 4 members (excludes halogenated alkanes) is 34. The third-order valence-electron chi connectivity index (χ3n) is 15.0. The van der Waals surface area contributed by atoms with E-state index >= 15 is 0 Å². The van der Waals surface area contributed by atoms with Crippen LogP contribution in [-0.2, 0) is 27.9 Å². The Morgan fingerprint density at radius 2 is 0.744 bits per heavy atom. The molecule has 0 rings (SSSR count). The molecule has 0 aromatic rings. The molecule has 476 valence electrons. The van der Waals surface area contributed by atoms with E-state index in [9.17, 15) is 19.0 Å². The van der Waals surface area contributed by atoms with Crippen LogP contribution in [0.3, 0.4) is 0 Å². The van der Waals surface area contributed by atoms with E-state index in [4.69, 9.17) is 13.8 Å². The molecule has 0 aliphatic rings. The first kappa shape index (κ1) is 79.2. The number of hydrogen-bond donors (Lipinski definition) is 1. The smallest absolute Gasteiger partial charge is 0.306 e. The lowest BCUT2D eigenvalue weighted by molar-refractivity contribution is -0.870. The lowest BCUT2D eigenvalue weighted by atomic mass is 10.0. The highest BCUT2D eigenvalue weighted by atomic mass is 31.2. The van der Waals surface area contributed by atoms with E-state index in [2.05, 4.69) is 99.0 Å². The van der Waals surface area contributed by atoms with Gasteiger partial charge >= 0.3 is 5.97 Å². The number of likely N-dealkylation sites (N-methyl/N-ethyl adjacent to an activating group) is 1. The number of quaternary nitrogens is 1. The molecule has 9 nitrogen and oxygen atoms in total. The first-order chi connectivity index (χ1) is 39.9. The second kappa shape index (κ2) is 61.3. The van der Waals surface area contributed by atoms with Crippen molar-refractivity contribution in [1.29, 1.82) is 0 Å². The van der Waals surface area contributed by atoms with E-state index in [0.717, 1.165) is 89.9 Å².